The monoisotopic (exact) mass is 326 g/mol. The van der Waals surface area contributed by atoms with Crippen molar-refractivity contribution in [1.82, 2.24) is 0 Å². The van der Waals surface area contributed by atoms with Gasteiger partial charge in [0.1, 0.15) is 5.82 Å². The lowest BCUT2D eigenvalue weighted by Gasteiger charge is -2.15. The van der Waals surface area contributed by atoms with E-state index in [9.17, 15) is 14.3 Å². The van der Waals surface area contributed by atoms with Gasteiger partial charge in [-0.1, -0.05) is 47.5 Å². The van der Waals surface area contributed by atoms with E-state index < -0.39 is 17.7 Å². The molecule has 0 aliphatic heterocycles. The Balaban J connectivity index is 2.38. The van der Waals surface area contributed by atoms with E-state index >= 15 is 0 Å². The van der Waals surface area contributed by atoms with E-state index in [0.29, 0.717) is 26.7 Å². The molecular weight excluding hydrogens is 314 g/mol. The van der Waals surface area contributed by atoms with Gasteiger partial charge >= 0.3 is 5.97 Å². The maximum absolute atomic E-state index is 13.6. The first kappa shape index (κ1) is 15.8. The van der Waals surface area contributed by atoms with Crippen LogP contribution in [-0.2, 0) is 11.2 Å². The van der Waals surface area contributed by atoms with Crippen molar-refractivity contribution in [3.8, 4) is 0 Å². The Hall–Kier alpha value is -1.58. The van der Waals surface area contributed by atoms with E-state index in [-0.39, 0.29) is 6.42 Å². The molecule has 21 heavy (non-hydrogen) atoms. The molecule has 0 bridgehead atoms. The Morgan fingerprint density at radius 3 is 2.62 bits per heavy atom. The summed E-state index contributed by atoms with van der Waals surface area (Å²) in [5.74, 6) is -2.33. The molecule has 0 fully saturated rings. The highest BCUT2D eigenvalue weighted by molar-refractivity contribution is 6.42. The van der Waals surface area contributed by atoms with Gasteiger partial charge in [-0.3, -0.25) is 4.79 Å². The molecule has 0 radical (unpaired) electrons. The topological polar surface area (TPSA) is 37.3 Å². The highest BCUT2D eigenvalue weighted by atomic mass is 35.5. The number of carboxylic acid groups (broad SMARTS) is 1. The lowest BCUT2D eigenvalue weighted by molar-refractivity contribution is -0.138. The number of benzene rings is 2. The smallest absolute Gasteiger partial charge is 0.311 e. The summed E-state index contributed by atoms with van der Waals surface area (Å²) in [7, 11) is 0. The summed E-state index contributed by atoms with van der Waals surface area (Å²) in [5, 5.41) is 10.1. The summed E-state index contributed by atoms with van der Waals surface area (Å²) in [5.41, 5.74) is 1.50. The average molecular weight is 327 g/mol. The fraction of sp³-hybridized carbons (Fsp3) is 0.188. The normalized spacial score (nSPS) is 12.2. The number of carbonyl (C=O) groups is 1. The highest BCUT2D eigenvalue weighted by Crippen LogP contribution is 2.30. The molecule has 0 aromatic heterocycles. The summed E-state index contributed by atoms with van der Waals surface area (Å²) < 4.78 is 13.6. The molecule has 5 heteroatoms. The number of rotatable bonds is 4. The van der Waals surface area contributed by atoms with E-state index in [1.807, 2.05) is 0 Å². The SMILES string of the molecule is Cc1ccc(C(Cc2cccc(Cl)c2Cl)C(=O)O)cc1F. The molecule has 0 aliphatic carbocycles. The van der Waals surface area contributed by atoms with Crippen LogP contribution in [0.1, 0.15) is 22.6 Å². The standard InChI is InChI=1S/C16H13Cl2FO2/c1-9-5-6-10(8-14(9)19)12(16(20)21)7-11-3-2-4-13(17)15(11)18/h2-6,8,12H,7H2,1H3,(H,20,21). The number of hydrogen-bond donors (Lipinski definition) is 1. The minimum Gasteiger partial charge on any atom is -0.481 e. The largest absolute Gasteiger partial charge is 0.481 e. The maximum Gasteiger partial charge on any atom is 0.311 e. The zero-order chi connectivity index (χ0) is 15.6. The molecule has 2 nitrogen and oxygen atoms in total. The zero-order valence-corrected chi connectivity index (χ0v) is 12.7. The third-order valence-corrected chi connectivity index (χ3v) is 4.21. The van der Waals surface area contributed by atoms with Crippen LogP contribution in [0, 0.1) is 12.7 Å². The third kappa shape index (κ3) is 3.55. The second kappa shape index (κ2) is 6.46. The van der Waals surface area contributed by atoms with Gasteiger partial charge < -0.3 is 5.11 Å². The van der Waals surface area contributed by atoms with Crippen LogP contribution in [0.15, 0.2) is 36.4 Å². The van der Waals surface area contributed by atoms with Gasteiger partial charge in [0, 0.05) is 0 Å². The van der Waals surface area contributed by atoms with E-state index in [1.54, 1.807) is 37.3 Å². The maximum atomic E-state index is 13.6. The summed E-state index contributed by atoms with van der Waals surface area (Å²) in [6.07, 6.45) is 0.150. The van der Waals surface area contributed by atoms with Crippen LogP contribution in [0.3, 0.4) is 0 Å². The molecule has 2 aromatic rings. The predicted molar refractivity (Wildman–Crippen MR) is 81.7 cm³/mol. The lowest BCUT2D eigenvalue weighted by atomic mass is 9.91. The number of aliphatic carboxylic acids is 1. The molecule has 0 amide bonds. The fourth-order valence-corrected chi connectivity index (χ4v) is 2.50. The molecule has 1 unspecified atom stereocenters. The Labute approximate surface area is 132 Å². The molecule has 0 heterocycles. The molecular formula is C16H13Cl2FO2. The van der Waals surface area contributed by atoms with Gasteiger partial charge in [0.25, 0.3) is 0 Å². The fourth-order valence-electron chi connectivity index (χ4n) is 2.10. The van der Waals surface area contributed by atoms with Gasteiger partial charge in [-0.05, 0) is 42.2 Å². The molecule has 0 spiro atoms. The first-order valence-corrected chi connectivity index (χ1v) is 7.07. The quantitative estimate of drug-likeness (QED) is 0.871. The van der Waals surface area contributed by atoms with Crippen molar-refractivity contribution in [1.29, 1.82) is 0 Å². The summed E-state index contributed by atoms with van der Waals surface area (Å²) in [4.78, 5) is 11.5. The molecule has 1 N–H and O–H groups in total. The van der Waals surface area contributed by atoms with E-state index in [2.05, 4.69) is 0 Å². The summed E-state index contributed by atoms with van der Waals surface area (Å²) in [6, 6.07) is 9.50. The van der Waals surface area contributed by atoms with Crippen LogP contribution in [0.25, 0.3) is 0 Å². The summed E-state index contributed by atoms with van der Waals surface area (Å²) in [6.45, 7) is 1.63. The zero-order valence-electron chi connectivity index (χ0n) is 11.2. The number of hydrogen-bond acceptors (Lipinski definition) is 1. The highest BCUT2D eigenvalue weighted by Gasteiger charge is 2.22. The molecule has 2 aromatic carbocycles. The minimum absolute atomic E-state index is 0.150. The first-order chi connectivity index (χ1) is 9.90. The average Bonchev–Trinajstić information content (AvgIpc) is 2.43. The molecule has 1 atom stereocenters. The predicted octanol–water partition coefficient (Wildman–Crippen LogP) is 4.85. The minimum atomic E-state index is -1.03. The molecule has 110 valence electrons. The van der Waals surface area contributed by atoms with Gasteiger partial charge in [-0.2, -0.15) is 0 Å². The van der Waals surface area contributed by atoms with Crippen molar-refractivity contribution in [2.45, 2.75) is 19.3 Å². The van der Waals surface area contributed by atoms with Crippen LogP contribution in [-0.4, -0.2) is 11.1 Å². The van der Waals surface area contributed by atoms with Crippen molar-refractivity contribution in [2.24, 2.45) is 0 Å². The van der Waals surface area contributed by atoms with E-state index in [4.69, 9.17) is 23.2 Å². The number of halogens is 3. The number of carboxylic acids is 1. The first-order valence-electron chi connectivity index (χ1n) is 6.32. The van der Waals surface area contributed by atoms with Gasteiger partial charge in [-0.15, -0.1) is 0 Å². The van der Waals surface area contributed by atoms with Gasteiger partial charge in [0.2, 0.25) is 0 Å². The Kier molecular flexibility index (Phi) is 4.86. The van der Waals surface area contributed by atoms with Crippen molar-refractivity contribution >= 4 is 29.2 Å². The second-order valence-corrected chi connectivity index (χ2v) is 5.60. The number of aryl methyl sites for hydroxylation is 1. The van der Waals surface area contributed by atoms with Crippen LogP contribution in [0.4, 0.5) is 4.39 Å². The lowest BCUT2D eigenvalue weighted by Crippen LogP contribution is -2.15. The van der Waals surface area contributed by atoms with Gasteiger partial charge in [0.05, 0.1) is 16.0 Å². The molecule has 0 saturated heterocycles. The van der Waals surface area contributed by atoms with Crippen LogP contribution in [0.5, 0.6) is 0 Å². The third-order valence-electron chi connectivity index (χ3n) is 3.35. The van der Waals surface area contributed by atoms with Crippen LogP contribution >= 0.6 is 23.2 Å². The van der Waals surface area contributed by atoms with Gasteiger partial charge in [0.15, 0.2) is 0 Å². The molecule has 2 rings (SSSR count). The van der Waals surface area contributed by atoms with E-state index in [0.717, 1.165) is 0 Å². The van der Waals surface area contributed by atoms with Gasteiger partial charge in [-0.25, -0.2) is 4.39 Å². The Morgan fingerprint density at radius 2 is 2.00 bits per heavy atom. The summed E-state index contributed by atoms with van der Waals surface area (Å²) >= 11 is 12.0. The Bertz CT molecular complexity index is 686. The Morgan fingerprint density at radius 1 is 1.29 bits per heavy atom. The van der Waals surface area contributed by atoms with Crippen LogP contribution < -0.4 is 0 Å². The molecule has 0 saturated carbocycles. The van der Waals surface area contributed by atoms with Crippen molar-refractivity contribution in [3.05, 3.63) is 69.0 Å². The van der Waals surface area contributed by atoms with Crippen molar-refractivity contribution < 1.29 is 14.3 Å². The second-order valence-electron chi connectivity index (χ2n) is 4.82. The van der Waals surface area contributed by atoms with Crippen LogP contribution in [0.2, 0.25) is 10.0 Å². The van der Waals surface area contributed by atoms with Crippen molar-refractivity contribution in [3.63, 3.8) is 0 Å². The van der Waals surface area contributed by atoms with E-state index in [1.165, 1.54) is 6.07 Å². The molecule has 0 aliphatic rings. The van der Waals surface area contributed by atoms with Crippen molar-refractivity contribution in [2.75, 3.05) is 0 Å².